The summed E-state index contributed by atoms with van der Waals surface area (Å²) in [6, 6.07) is 9.63. The molecule has 0 fully saturated rings. The highest BCUT2D eigenvalue weighted by atomic mass is 79.9. The third-order valence-corrected chi connectivity index (χ3v) is 3.40. The van der Waals surface area contributed by atoms with Crippen molar-refractivity contribution in [3.05, 3.63) is 69.4 Å². The molecule has 0 atom stereocenters. The number of nitrogens with one attached hydrogen (secondary N) is 1. The van der Waals surface area contributed by atoms with Gasteiger partial charge in [0.25, 0.3) is 0 Å². The SMILES string of the molecule is Fc1ccc(Br)cc1CNCc1cccc(C(F)(F)F)c1. The van der Waals surface area contributed by atoms with Crippen molar-refractivity contribution >= 4 is 15.9 Å². The first-order valence-corrected chi connectivity index (χ1v) is 6.96. The molecule has 0 heterocycles. The Labute approximate surface area is 128 Å². The molecule has 1 N–H and O–H groups in total. The first-order valence-electron chi connectivity index (χ1n) is 6.17. The molecular formula is C15H12BrF4N. The number of hydrogen-bond donors (Lipinski definition) is 1. The highest BCUT2D eigenvalue weighted by molar-refractivity contribution is 9.10. The normalized spacial score (nSPS) is 11.7. The second-order valence-corrected chi connectivity index (χ2v) is 5.45. The summed E-state index contributed by atoms with van der Waals surface area (Å²) < 4.78 is 52.0. The standard InChI is InChI=1S/C15H12BrF4N/c16-13-4-5-14(17)11(7-13)9-21-8-10-2-1-3-12(6-10)15(18,19)20/h1-7,21H,8-9H2. The van der Waals surface area contributed by atoms with Gasteiger partial charge in [-0.25, -0.2) is 4.39 Å². The number of rotatable bonds is 4. The van der Waals surface area contributed by atoms with E-state index in [-0.39, 0.29) is 18.9 Å². The Morgan fingerprint density at radius 2 is 1.76 bits per heavy atom. The Morgan fingerprint density at radius 3 is 2.48 bits per heavy atom. The molecule has 1 nitrogen and oxygen atoms in total. The van der Waals surface area contributed by atoms with Crippen LogP contribution in [-0.2, 0) is 19.3 Å². The van der Waals surface area contributed by atoms with E-state index in [4.69, 9.17) is 0 Å². The van der Waals surface area contributed by atoms with Crippen LogP contribution in [0.4, 0.5) is 17.6 Å². The van der Waals surface area contributed by atoms with E-state index in [0.29, 0.717) is 11.1 Å². The quantitative estimate of drug-likeness (QED) is 0.764. The van der Waals surface area contributed by atoms with Crippen molar-refractivity contribution in [3.63, 3.8) is 0 Å². The highest BCUT2D eigenvalue weighted by Gasteiger charge is 2.30. The summed E-state index contributed by atoms with van der Waals surface area (Å²) >= 11 is 3.25. The molecule has 0 spiro atoms. The summed E-state index contributed by atoms with van der Waals surface area (Å²) in [6.07, 6.45) is -4.35. The van der Waals surface area contributed by atoms with Gasteiger partial charge in [0.2, 0.25) is 0 Å². The van der Waals surface area contributed by atoms with Gasteiger partial charge in [-0.2, -0.15) is 13.2 Å². The third kappa shape index (κ3) is 4.54. The molecule has 0 saturated carbocycles. The molecule has 112 valence electrons. The van der Waals surface area contributed by atoms with E-state index >= 15 is 0 Å². The summed E-state index contributed by atoms with van der Waals surface area (Å²) in [6.45, 7) is 0.470. The van der Waals surface area contributed by atoms with Gasteiger partial charge >= 0.3 is 6.18 Å². The molecule has 6 heteroatoms. The van der Waals surface area contributed by atoms with Crippen LogP contribution in [-0.4, -0.2) is 0 Å². The molecule has 2 aromatic rings. The Kier molecular flexibility index (Phi) is 5.00. The van der Waals surface area contributed by atoms with Gasteiger partial charge in [0, 0.05) is 23.1 Å². The Bertz CT molecular complexity index is 625. The second-order valence-electron chi connectivity index (χ2n) is 4.54. The summed E-state index contributed by atoms with van der Waals surface area (Å²) in [5.41, 5.74) is 0.270. The van der Waals surface area contributed by atoms with Crippen LogP contribution in [0.15, 0.2) is 46.9 Å². The van der Waals surface area contributed by atoms with E-state index in [9.17, 15) is 17.6 Å². The van der Waals surface area contributed by atoms with Crippen molar-refractivity contribution in [2.75, 3.05) is 0 Å². The summed E-state index contributed by atoms with van der Waals surface area (Å²) in [7, 11) is 0. The zero-order valence-electron chi connectivity index (χ0n) is 10.8. The highest BCUT2D eigenvalue weighted by Crippen LogP contribution is 2.29. The molecule has 0 bridgehead atoms. The van der Waals surface area contributed by atoms with Crippen LogP contribution in [0.25, 0.3) is 0 Å². The van der Waals surface area contributed by atoms with Crippen molar-refractivity contribution in [1.82, 2.24) is 5.32 Å². The van der Waals surface area contributed by atoms with Gasteiger partial charge in [0.1, 0.15) is 5.82 Å². The topological polar surface area (TPSA) is 12.0 Å². The minimum Gasteiger partial charge on any atom is -0.309 e. The predicted octanol–water partition coefficient (Wildman–Crippen LogP) is 4.90. The molecule has 0 aliphatic carbocycles. The smallest absolute Gasteiger partial charge is 0.309 e. The van der Waals surface area contributed by atoms with E-state index in [1.807, 2.05) is 0 Å². The molecular weight excluding hydrogens is 350 g/mol. The van der Waals surface area contributed by atoms with Gasteiger partial charge in [-0.15, -0.1) is 0 Å². The lowest BCUT2D eigenvalue weighted by Crippen LogP contribution is -2.14. The van der Waals surface area contributed by atoms with E-state index in [1.54, 1.807) is 18.2 Å². The number of benzene rings is 2. The Balaban J connectivity index is 1.99. The van der Waals surface area contributed by atoms with Gasteiger partial charge in [-0.1, -0.05) is 34.1 Å². The van der Waals surface area contributed by atoms with Crippen LogP contribution in [0.2, 0.25) is 0 Å². The van der Waals surface area contributed by atoms with E-state index < -0.39 is 11.7 Å². The first-order chi connectivity index (χ1) is 9.86. The van der Waals surface area contributed by atoms with Crippen molar-refractivity contribution in [3.8, 4) is 0 Å². The van der Waals surface area contributed by atoms with Crippen molar-refractivity contribution in [2.24, 2.45) is 0 Å². The summed E-state index contributed by atoms with van der Waals surface area (Å²) in [5.74, 6) is -0.352. The summed E-state index contributed by atoms with van der Waals surface area (Å²) in [4.78, 5) is 0. The fourth-order valence-corrected chi connectivity index (χ4v) is 2.29. The number of alkyl halides is 3. The minimum atomic E-state index is -4.35. The van der Waals surface area contributed by atoms with Crippen molar-refractivity contribution in [2.45, 2.75) is 19.3 Å². The molecule has 0 aromatic heterocycles. The van der Waals surface area contributed by atoms with Crippen molar-refractivity contribution in [1.29, 1.82) is 0 Å². The van der Waals surface area contributed by atoms with Gasteiger partial charge in [0.15, 0.2) is 0 Å². The second kappa shape index (κ2) is 6.58. The molecule has 0 amide bonds. The lowest BCUT2D eigenvalue weighted by molar-refractivity contribution is -0.137. The van der Waals surface area contributed by atoms with Gasteiger partial charge < -0.3 is 5.32 Å². The average Bonchev–Trinajstić information content (AvgIpc) is 2.42. The zero-order valence-corrected chi connectivity index (χ0v) is 12.4. The van der Waals surface area contributed by atoms with E-state index in [0.717, 1.165) is 16.6 Å². The van der Waals surface area contributed by atoms with Crippen LogP contribution in [0, 0.1) is 5.82 Å². The zero-order chi connectivity index (χ0) is 15.5. The fourth-order valence-electron chi connectivity index (χ4n) is 1.88. The minimum absolute atomic E-state index is 0.232. The largest absolute Gasteiger partial charge is 0.416 e. The maximum atomic E-state index is 13.5. The van der Waals surface area contributed by atoms with Gasteiger partial charge in [-0.3, -0.25) is 0 Å². The van der Waals surface area contributed by atoms with Crippen LogP contribution < -0.4 is 5.32 Å². The molecule has 0 unspecified atom stereocenters. The van der Waals surface area contributed by atoms with Crippen molar-refractivity contribution < 1.29 is 17.6 Å². The van der Waals surface area contributed by atoms with E-state index in [1.165, 1.54) is 12.1 Å². The molecule has 0 radical (unpaired) electrons. The van der Waals surface area contributed by atoms with Gasteiger partial charge in [-0.05, 0) is 29.8 Å². The molecule has 0 aliphatic rings. The third-order valence-electron chi connectivity index (χ3n) is 2.91. The molecule has 2 aromatic carbocycles. The lowest BCUT2D eigenvalue weighted by Gasteiger charge is -2.10. The van der Waals surface area contributed by atoms with Crippen LogP contribution >= 0.6 is 15.9 Å². The van der Waals surface area contributed by atoms with Crippen LogP contribution in [0.1, 0.15) is 16.7 Å². The lowest BCUT2D eigenvalue weighted by atomic mass is 10.1. The van der Waals surface area contributed by atoms with E-state index in [2.05, 4.69) is 21.2 Å². The Morgan fingerprint density at radius 1 is 1.00 bits per heavy atom. The Hall–Kier alpha value is -1.40. The van der Waals surface area contributed by atoms with Crippen LogP contribution in [0.5, 0.6) is 0 Å². The van der Waals surface area contributed by atoms with Gasteiger partial charge in [0.05, 0.1) is 5.56 Å². The maximum absolute atomic E-state index is 13.5. The molecule has 0 aliphatic heterocycles. The monoisotopic (exact) mass is 361 g/mol. The molecule has 0 saturated heterocycles. The average molecular weight is 362 g/mol. The first kappa shape index (κ1) is 16.0. The maximum Gasteiger partial charge on any atom is 0.416 e. The predicted molar refractivity (Wildman–Crippen MR) is 76.1 cm³/mol. The fraction of sp³-hybridized carbons (Fsp3) is 0.200. The molecule has 21 heavy (non-hydrogen) atoms. The molecule has 2 rings (SSSR count). The number of hydrogen-bond acceptors (Lipinski definition) is 1. The van der Waals surface area contributed by atoms with Crippen LogP contribution in [0.3, 0.4) is 0 Å². The number of halogens is 5. The summed E-state index contributed by atoms with van der Waals surface area (Å²) in [5, 5.41) is 2.94.